The van der Waals surface area contributed by atoms with Crippen LogP contribution in [0, 0.1) is 5.92 Å². The number of amides is 3. The highest BCUT2D eigenvalue weighted by molar-refractivity contribution is 6.21. The first kappa shape index (κ1) is 15.3. The van der Waals surface area contributed by atoms with E-state index in [1.807, 2.05) is 11.9 Å². The lowest BCUT2D eigenvalue weighted by Gasteiger charge is -2.32. The van der Waals surface area contributed by atoms with Crippen LogP contribution in [-0.4, -0.2) is 71.7 Å². The van der Waals surface area contributed by atoms with Crippen LogP contribution in [-0.2, 0) is 4.79 Å². The Morgan fingerprint density at radius 2 is 1.67 bits per heavy atom. The SMILES string of the molecule is CN1C[C@@H]2C[C@H]1C(=O)N(CCCN1C(=O)c3ccccc3C1=O)C2. The first-order valence-corrected chi connectivity index (χ1v) is 8.50. The number of nitrogens with zero attached hydrogens (tertiary/aromatic N) is 3. The first-order valence-electron chi connectivity index (χ1n) is 8.50. The summed E-state index contributed by atoms with van der Waals surface area (Å²) in [5, 5.41) is 0. The van der Waals surface area contributed by atoms with E-state index in [0.717, 1.165) is 19.5 Å². The van der Waals surface area contributed by atoms with Gasteiger partial charge in [0.25, 0.3) is 11.8 Å². The number of piperidine rings is 1. The summed E-state index contributed by atoms with van der Waals surface area (Å²) in [5.41, 5.74) is 0.965. The average Bonchev–Trinajstić information content (AvgIpc) is 3.02. The summed E-state index contributed by atoms with van der Waals surface area (Å²) in [6.07, 6.45) is 1.59. The van der Waals surface area contributed by atoms with Gasteiger partial charge in [-0.2, -0.15) is 0 Å². The molecule has 2 bridgehead atoms. The lowest BCUT2D eigenvalue weighted by atomic mass is 9.99. The fourth-order valence-corrected chi connectivity index (χ4v) is 4.20. The van der Waals surface area contributed by atoms with Gasteiger partial charge < -0.3 is 4.90 Å². The van der Waals surface area contributed by atoms with Gasteiger partial charge in [-0.05, 0) is 37.9 Å². The summed E-state index contributed by atoms with van der Waals surface area (Å²) in [4.78, 5) is 42.5. The molecule has 0 aliphatic carbocycles. The number of likely N-dealkylation sites (N-methyl/N-ethyl adjacent to an activating group) is 1. The van der Waals surface area contributed by atoms with Crippen LogP contribution in [0.4, 0.5) is 0 Å². The van der Waals surface area contributed by atoms with Crippen molar-refractivity contribution in [1.29, 1.82) is 0 Å². The molecule has 0 unspecified atom stereocenters. The van der Waals surface area contributed by atoms with Crippen molar-refractivity contribution in [3.8, 4) is 0 Å². The van der Waals surface area contributed by atoms with Crippen LogP contribution in [0.3, 0.4) is 0 Å². The molecule has 6 heteroatoms. The molecule has 4 rings (SSSR count). The van der Waals surface area contributed by atoms with E-state index in [1.54, 1.807) is 24.3 Å². The van der Waals surface area contributed by atoms with E-state index in [2.05, 4.69) is 4.90 Å². The predicted octanol–water partition coefficient (Wildman–Crippen LogP) is 0.835. The fourth-order valence-electron chi connectivity index (χ4n) is 4.20. The third-order valence-electron chi connectivity index (χ3n) is 5.40. The summed E-state index contributed by atoms with van der Waals surface area (Å²) >= 11 is 0. The van der Waals surface area contributed by atoms with Crippen LogP contribution in [0.5, 0.6) is 0 Å². The van der Waals surface area contributed by atoms with E-state index in [0.29, 0.717) is 36.6 Å². The average molecular weight is 327 g/mol. The molecule has 6 nitrogen and oxygen atoms in total. The largest absolute Gasteiger partial charge is 0.341 e. The molecular formula is C18H21N3O3. The number of hydrogen-bond acceptors (Lipinski definition) is 4. The van der Waals surface area contributed by atoms with Crippen molar-refractivity contribution >= 4 is 17.7 Å². The molecule has 3 amide bonds. The van der Waals surface area contributed by atoms with Gasteiger partial charge in [0.15, 0.2) is 0 Å². The minimum atomic E-state index is -0.222. The van der Waals surface area contributed by atoms with Crippen molar-refractivity contribution in [1.82, 2.24) is 14.7 Å². The minimum Gasteiger partial charge on any atom is -0.341 e. The molecule has 24 heavy (non-hydrogen) atoms. The molecule has 2 saturated heterocycles. The second-order valence-electron chi connectivity index (χ2n) is 7.00. The highest BCUT2D eigenvalue weighted by atomic mass is 16.2. The normalized spacial score (nSPS) is 26.5. The number of imide groups is 1. The zero-order chi connectivity index (χ0) is 16.8. The van der Waals surface area contributed by atoms with Gasteiger partial charge in [0.2, 0.25) is 5.91 Å². The molecule has 0 N–H and O–H groups in total. The molecule has 126 valence electrons. The van der Waals surface area contributed by atoms with Gasteiger partial charge in [0, 0.05) is 26.2 Å². The summed E-state index contributed by atoms with van der Waals surface area (Å²) in [6, 6.07) is 6.94. The van der Waals surface area contributed by atoms with Crippen molar-refractivity contribution in [2.24, 2.45) is 5.92 Å². The molecule has 1 aromatic rings. The summed E-state index contributed by atoms with van der Waals surface area (Å²) < 4.78 is 0. The smallest absolute Gasteiger partial charge is 0.261 e. The molecule has 0 radical (unpaired) electrons. The monoisotopic (exact) mass is 327 g/mol. The molecule has 2 atom stereocenters. The molecule has 0 saturated carbocycles. The maximum absolute atomic E-state index is 12.5. The molecular weight excluding hydrogens is 306 g/mol. The van der Waals surface area contributed by atoms with Crippen molar-refractivity contribution < 1.29 is 14.4 Å². The van der Waals surface area contributed by atoms with E-state index in [1.165, 1.54) is 4.90 Å². The first-order chi connectivity index (χ1) is 11.6. The number of carbonyl (C=O) groups excluding carboxylic acids is 3. The summed E-state index contributed by atoms with van der Waals surface area (Å²) in [6.45, 7) is 2.74. The number of benzene rings is 1. The molecule has 0 aromatic heterocycles. The Morgan fingerprint density at radius 3 is 2.33 bits per heavy atom. The van der Waals surface area contributed by atoms with Gasteiger partial charge in [-0.1, -0.05) is 12.1 Å². The van der Waals surface area contributed by atoms with Gasteiger partial charge in [-0.25, -0.2) is 0 Å². The molecule has 3 heterocycles. The standard InChI is InChI=1S/C18H21N3O3/c1-19-10-12-9-15(19)18(24)20(11-12)7-4-8-21-16(22)13-5-2-3-6-14(13)17(21)23/h2-3,5-6,12,15H,4,7-11H2,1H3/t12-,15-/m0/s1. The van der Waals surface area contributed by atoms with Crippen LogP contribution in [0.2, 0.25) is 0 Å². The second-order valence-corrected chi connectivity index (χ2v) is 7.00. The maximum Gasteiger partial charge on any atom is 0.261 e. The third-order valence-corrected chi connectivity index (χ3v) is 5.40. The van der Waals surface area contributed by atoms with Crippen LogP contribution in [0.15, 0.2) is 24.3 Å². The Morgan fingerprint density at radius 1 is 1.00 bits per heavy atom. The Hall–Kier alpha value is -2.21. The molecule has 0 spiro atoms. The van der Waals surface area contributed by atoms with Crippen LogP contribution in [0.25, 0.3) is 0 Å². The topological polar surface area (TPSA) is 60.9 Å². The Bertz CT molecular complexity index is 682. The van der Waals surface area contributed by atoms with Gasteiger partial charge in [-0.3, -0.25) is 24.2 Å². The Kier molecular flexibility index (Phi) is 3.64. The zero-order valence-corrected chi connectivity index (χ0v) is 13.8. The van der Waals surface area contributed by atoms with Crippen molar-refractivity contribution in [3.05, 3.63) is 35.4 Å². The van der Waals surface area contributed by atoms with Gasteiger partial charge in [0.1, 0.15) is 0 Å². The van der Waals surface area contributed by atoms with Crippen molar-refractivity contribution in [2.45, 2.75) is 18.9 Å². The van der Waals surface area contributed by atoms with Gasteiger partial charge >= 0.3 is 0 Å². The molecule has 2 fully saturated rings. The number of likely N-dealkylation sites (tertiary alicyclic amines) is 2. The van der Waals surface area contributed by atoms with Crippen molar-refractivity contribution in [3.63, 3.8) is 0 Å². The lowest BCUT2D eigenvalue weighted by Crippen LogP contribution is -2.47. The fraction of sp³-hybridized carbons (Fsp3) is 0.500. The van der Waals surface area contributed by atoms with Gasteiger partial charge in [0.05, 0.1) is 17.2 Å². The zero-order valence-electron chi connectivity index (χ0n) is 13.8. The van der Waals surface area contributed by atoms with E-state index in [9.17, 15) is 14.4 Å². The number of carbonyl (C=O) groups is 3. The number of fused-ring (bicyclic) bond motifs is 3. The van der Waals surface area contributed by atoms with Crippen molar-refractivity contribution in [2.75, 3.05) is 33.2 Å². The van der Waals surface area contributed by atoms with Gasteiger partial charge in [-0.15, -0.1) is 0 Å². The van der Waals surface area contributed by atoms with E-state index in [4.69, 9.17) is 0 Å². The summed E-state index contributed by atoms with van der Waals surface area (Å²) in [5.74, 6) is 0.298. The Labute approximate surface area is 141 Å². The van der Waals surface area contributed by atoms with Crippen LogP contribution >= 0.6 is 0 Å². The lowest BCUT2D eigenvalue weighted by molar-refractivity contribution is -0.137. The van der Waals surface area contributed by atoms with Crippen LogP contribution < -0.4 is 0 Å². The highest BCUT2D eigenvalue weighted by Gasteiger charge is 2.42. The van der Waals surface area contributed by atoms with E-state index >= 15 is 0 Å². The number of rotatable bonds is 4. The quantitative estimate of drug-likeness (QED) is 0.769. The third kappa shape index (κ3) is 2.33. The molecule has 3 aliphatic rings. The Balaban J connectivity index is 1.36. The second kappa shape index (κ2) is 5.70. The molecule has 1 aromatic carbocycles. The number of hydrogen-bond donors (Lipinski definition) is 0. The van der Waals surface area contributed by atoms with Crippen LogP contribution in [0.1, 0.15) is 33.6 Å². The minimum absolute atomic E-state index is 0.0167. The highest BCUT2D eigenvalue weighted by Crippen LogP contribution is 2.29. The summed E-state index contributed by atoms with van der Waals surface area (Å²) in [7, 11) is 2.00. The van der Waals surface area contributed by atoms with E-state index in [-0.39, 0.29) is 23.8 Å². The molecule has 3 aliphatic heterocycles. The predicted molar refractivity (Wildman–Crippen MR) is 87.5 cm³/mol. The maximum atomic E-state index is 12.5. The van der Waals surface area contributed by atoms with E-state index < -0.39 is 0 Å².